The lowest BCUT2D eigenvalue weighted by Gasteiger charge is -2.25. The van der Waals surface area contributed by atoms with E-state index in [2.05, 4.69) is 28.7 Å². The maximum atomic E-state index is 7.46. The van der Waals surface area contributed by atoms with Gasteiger partial charge in [0.1, 0.15) is 12.1 Å². The minimum Gasteiger partial charge on any atom is -0.387 e. The Balaban J connectivity index is 2.81. The molecule has 0 fully saturated rings. The Labute approximate surface area is 109 Å². The normalized spacial score (nSPS) is 12.2. The molecule has 18 heavy (non-hydrogen) atoms. The zero-order chi connectivity index (χ0) is 13.5. The number of nitrogens with two attached hydrogens (primary N) is 1. The van der Waals surface area contributed by atoms with Crippen LogP contribution in [0.15, 0.2) is 12.4 Å². The van der Waals surface area contributed by atoms with E-state index in [0.717, 1.165) is 30.9 Å². The van der Waals surface area contributed by atoms with Gasteiger partial charge in [0.15, 0.2) is 0 Å². The van der Waals surface area contributed by atoms with Crippen LogP contribution in [0.1, 0.15) is 32.9 Å². The smallest absolute Gasteiger partial charge is 0.132 e. The van der Waals surface area contributed by atoms with Crippen molar-refractivity contribution in [1.82, 2.24) is 9.97 Å². The average molecular weight is 249 g/mol. The van der Waals surface area contributed by atoms with Gasteiger partial charge in [-0.05, 0) is 13.3 Å². The lowest BCUT2D eigenvalue weighted by Crippen LogP contribution is -2.35. The Morgan fingerprint density at radius 1 is 1.44 bits per heavy atom. The lowest BCUT2D eigenvalue weighted by atomic mass is 10.1. The SMILES string of the molecule is CCCc1cc(N(CC)CC(C)C(=N)N)ncn1. The number of aromatic nitrogens is 2. The van der Waals surface area contributed by atoms with Crippen LogP contribution in [0.2, 0.25) is 0 Å². The lowest BCUT2D eigenvalue weighted by molar-refractivity contribution is 0.687. The van der Waals surface area contributed by atoms with Crippen LogP contribution in [0.4, 0.5) is 5.82 Å². The summed E-state index contributed by atoms with van der Waals surface area (Å²) in [6.07, 6.45) is 3.66. The van der Waals surface area contributed by atoms with Crippen LogP contribution in [-0.2, 0) is 6.42 Å². The molecule has 0 saturated heterocycles. The topological polar surface area (TPSA) is 78.9 Å². The van der Waals surface area contributed by atoms with Crippen molar-refractivity contribution in [3.05, 3.63) is 18.1 Å². The van der Waals surface area contributed by atoms with Crippen molar-refractivity contribution in [2.45, 2.75) is 33.6 Å². The minimum absolute atomic E-state index is 0.0366. The molecule has 5 nitrogen and oxygen atoms in total. The van der Waals surface area contributed by atoms with Gasteiger partial charge in [-0.15, -0.1) is 0 Å². The van der Waals surface area contributed by atoms with Crippen molar-refractivity contribution in [2.24, 2.45) is 11.7 Å². The van der Waals surface area contributed by atoms with Crippen molar-refractivity contribution in [1.29, 1.82) is 5.41 Å². The molecule has 0 aliphatic heterocycles. The molecule has 1 aromatic heterocycles. The predicted octanol–water partition coefficient (Wildman–Crippen LogP) is 1.83. The number of hydrogen-bond acceptors (Lipinski definition) is 4. The molecule has 5 heteroatoms. The number of amidine groups is 1. The van der Waals surface area contributed by atoms with E-state index in [4.69, 9.17) is 11.1 Å². The van der Waals surface area contributed by atoms with Gasteiger partial charge in [0.25, 0.3) is 0 Å². The van der Waals surface area contributed by atoms with Crippen LogP contribution in [0.5, 0.6) is 0 Å². The number of nitrogens with zero attached hydrogens (tertiary/aromatic N) is 3. The second-order valence-corrected chi connectivity index (χ2v) is 4.51. The Hall–Kier alpha value is -1.65. The van der Waals surface area contributed by atoms with Crippen LogP contribution in [-0.4, -0.2) is 28.9 Å². The van der Waals surface area contributed by atoms with E-state index in [9.17, 15) is 0 Å². The zero-order valence-electron chi connectivity index (χ0n) is 11.5. The first-order valence-electron chi connectivity index (χ1n) is 6.48. The summed E-state index contributed by atoms with van der Waals surface area (Å²) in [5.74, 6) is 1.18. The molecule has 1 unspecified atom stereocenters. The summed E-state index contributed by atoms with van der Waals surface area (Å²) >= 11 is 0. The Bertz CT molecular complexity index is 391. The highest BCUT2D eigenvalue weighted by Gasteiger charge is 2.13. The van der Waals surface area contributed by atoms with E-state index in [1.807, 2.05) is 13.0 Å². The molecule has 100 valence electrons. The Morgan fingerprint density at radius 3 is 2.72 bits per heavy atom. The predicted molar refractivity (Wildman–Crippen MR) is 75.0 cm³/mol. The van der Waals surface area contributed by atoms with Crippen molar-refractivity contribution < 1.29 is 0 Å². The number of nitrogens with one attached hydrogen (secondary N) is 1. The van der Waals surface area contributed by atoms with Crippen molar-refractivity contribution >= 4 is 11.7 Å². The molecule has 1 heterocycles. The molecule has 0 bridgehead atoms. The quantitative estimate of drug-likeness (QED) is 0.571. The molecule has 0 spiro atoms. The van der Waals surface area contributed by atoms with Gasteiger partial charge in [-0.25, -0.2) is 9.97 Å². The summed E-state index contributed by atoms with van der Waals surface area (Å²) in [7, 11) is 0. The standard InChI is InChI=1S/C13H23N5/c1-4-6-11-7-12(17-9-16-11)18(5-2)8-10(3)13(14)15/h7,9-10H,4-6,8H2,1-3H3,(H3,14,15). The van der Waals surface area contributed by atoms with Gasteiger partial charge in [-0.3, -0.25) is 5.41 Å². The molecule has 3 N–H and O–H groups in total. The van der Waals surface area contributed by atoms with Gasteiger partial charge in [-0.2, -0.15) is 0 Å². The largest absolute Gasteiger partial charge is 0.387 e. The monoisotopic (exact) mass is 249 g/mol. The molecule has 1 aromatic rings. The van der Waals surface area contributed by atoms with Gasteiger partial charge in [-0.1, -0.05) is 20.3 Å². The summed E-state index contributed by atoms with van der Waals surface area (Å²) in [4.78, 5) is 10.7. The number of hydrogen-bond donors (Lipinski definition) is 2. The second kappa shape index (κ2) is 6.93. The summed E-state index contributed by atoms with van der Waals surface area (Å²) < 4.78 is 0. The van der Waals surface area contributed by atoms with E-state index >= 15 is 0 Å². The maximum absolute atomic E-state index is 7.46. The Morgan fingerprint density at radius 2 is 2.17 bits per heavy atom. The number of rotatable bonds is 7. The zero-order valence-corrected chi connectivity index (χ0v) is 11.5. The first kappa shape index (κ1) is 14.4. The summed E-state index contributed by atoms with van der Waals surface area (Å²) in [6, 6.07) is 2.03. The van der Waals surface area contributed by atoms with Gasteiger partial charge >= 0.3 is 0 Å². The molecule has 0 radical (unpaired) electrons. The molecule has 0 saturated carbocycles. The molecular formula is C13H23N5. The third-order valence-electron chi connectivity index (χ3n) is 2.95. The highest BCUT2D eigenvalue weighted by molar-refractivity contribution is 5.79. The van der Waals surface area contributed by atoms with E-state index in [-0.39, 0.29) is 11.8 Å². The molecule has 1 atom stereocenters. The summed E-state index contributed by atoms with van der Waals surface area (Å²) in [6.45, 7) is 7.74. The number of aryl methyl sites for hydroxylation is 1. The summed E-state index contributed by atoms with van der Waals surface area (Å²) in [5.41, 5.74) is 6.58. The molecule has 0 aromatic carbocycles. The van der Waals surface area contributed by atoms with Gasteiger partial charge in [0.05, 0.1) is 5.84 Å². The average Bonchev–Trinajstić information content (AvgIpc) is 2.36. The van der Waals surface area contributed by atoms with E-state index in [1.54, 1.807) is 6.33 Å². The van der Waals surface area contributed by atoms with E-state index in [0.29, 0.717) is 6.54 Å². The Kier molecular flexibility index (Phi) is 5.55. The molecule has 1 rings (SSSR count). The molecule has 0 amide bonds. The first-order chi connectivity index (χ1) is 8.58. The van der Waals surface area contributed by atoms with Gasteiger partial charge in [0, 0.05) is 30.8 Å². The fraction of sp³-hybridized carbons (Fsp3) is 0.615. The van der Waals surface area contributed by atoms with Gasteiger partial charge in [0.2, 0.25) is 0 Å². The van der Waals surface area contributed by atoms with Crippen molar-refractivity contribution in [3.63, 3.8) is 0 Å². The highest BCUT2D eigenvalue weighted by atomic mass is 15.2. The van der Waals surface area contributed by atoms with Crippen LogP contribution in [0, 0.1) is 11.3 Å². The van der Waals surface area contributed by atoms with Crippen LogP contribution in [0.25, 0.3) is 0 Å². The molecular weight excluding hydrogens is 226 g/mol. The van der Waals surface area contributed by atoms with Crippen LogP contribution < -0.4 is 10.6 Å². The summed E-state index contributed by atoms with van der Waals surface area (Å²) in [5, 5.41) is 7.46. The fourth-order valence-electron chi connectivity index (χ4n) is 1.77. The van der Waals surface area contributed by atoms with E-state index in [1.165, 1.54) is 0 Å². The minimum atomic E-state index is 0.0366. The third-order valence-corrected chi connectivity index (χ3v) is 2.95. The van der Waals surface area contributed by atoms with Crippen molar-refractivity contribution in [2.75, 3.05) is 18.0 Å². The molecule has 0 aliphatic carbocycles. The van der Waals surface area contributed by atoms with Gasteiger partial charge < -0.3 is 10.6 Å². The maximum Gasteiger partial charge on any atom is 0.132 e. The third kappa shape index (κ3) is 3.98. The fourth-order valence-corrected chi connectivity index (χ4v) is 1.77. The van der Waals surface area contributed by atoms with Crippen LogP contribution in [0.3, 0.4) is 0 Å². The first-order valence-corrected chi connectivity index (χ1v) is 6.48. The second-order valence-electron chi connectivity index (χ2n) is 4.51. The van der Waals surface area contributed by atoms with Crippen molar-refractivity contribution in [3.8, 4) is 0 Å². The van der Waals surface area contributed by atoms with E-state index < -0.39 is 0 Å². The molecule has 0 aliphatic rings. The highest BCUT2D eigenvalue weighted by Crippen LogP contribution is 2.13. The van der Waals surface area contributed by atoms with Crippen LogP contribution >= 0.6 is 0 Å². The number of anilines is 1.